The van der Waals surface area contributed by atoms with E-state index in [4.69, 9.17) is 23.8 Å². The molecule has 0 spiro atoms. The van der Waals surface area contributed by atoms with Gasteiger partial charge in [0.05, 0.1) is 10.7 Å². The van der Waals surface area contributed by atoms with Gasteiger partial charge in [-0.15, -0.1) is 6.42 Å². The number of halogens is 1. The van der Waals surface area contributed by atoms with E-state index in [0.717, 1.165) is 12.0 Å². The van der Waals surface area contributed by atoms with Crippen molar-refractivity contribution in [2.75, 3.05) is 18.5 Å². The van der Waals surface area contributed by atoms with Crippen LogP contribution in [0.15, 0.2) is 23.2 Å². The molecule has 20 heavy (non-hydrogen) atoms. The van der Waals surface area contributed by atoms with Crippen LogP contribution in [0, 0.1) is 12.3 Å². The summed E-state index contributed by atoms with van der Waals surface area (Å²) in [5, 5.41) is 2.95. The monoisotopic (exact) mass is 292 g/mol. The van der Waals surface area contributed by atoms with E-state index in [1.54, 1.807) is 13.1 Å². The van der Waals surface area contributed by atoms with Gasteiger partial charge in [-0.3, -0.25) is 10.2 Å². The van der Waals surface area contributed by atoms with Gasteiger partial charge >= 0.3 is 6.03 Å². The number of aryl methyl sites for hydroxylation is 1. The predicted octanol–water partition coefficient (Wildman–Crippen LogP) is 2.00. The van der Waals surface area contributed by atoms with Gasteiger partial charge in [0.1, 0.15) is 6.54 Å². The molecule has 3 N–H and O–H groups in total. The number of guanidine groups is 1. The molecule has 1 rings (SSSR count). The van der Waals surface area contributed by atoms with E-state index in [1.165, 1.54) is 4.90 Å². The fourth-order valence-electron chi connectivity index (χ4n) is 1.69. The summed E-state index contributed by atoms with van der Waals surface area (Å²) in [6.07, 6.45) is 5.82. The molecule has 5 nitrogen and oxygen atoms in total. The van der Waals surface area contributed by atoms with E-state index < -0.39 is 6.03 Å². The van der Waals surface area contributed by atoms with Crippen LogP contribution in [0.4, 0.5) is 10.5 Å². The molecule has 0 atom stereocenters. The van der Waals surface area contributed by atoms with Crippen LogP contribution in [0.1, 0.15) is 12.5 Å². The number of amides is 2. The molecule has 0 saturated heterocycles. The lowest BCUT2D eigenvalue weighted by molar-refractivity contribution is 0.251. The Kier molecular flexibility index (Phi) is 5.88. The van der Waals surface area contributed by atoms with Crippen LogP contribution < -0.4 is 16.0 Å². The lowest BCUT2D eigenvalue weighted by Gasteiger charge is -2.21. The Morgan fingerprint density at radius 2 is 2.30 bits per heavy atom. The Morgan fingerprint density at radius 1 is 1.60 bits per heavy atom. The normalized spacial score (nSPS) is 10.8. The molecule has 0 heterocycles. The maximum absolute atomic E-state index is 12.1. The molecule has 0 aliphatic carbocycles. The van der Waals surface area contributed by atoms with E-state index in [2.05, 4.69) is 16.2 Å². The van der Waals surface area contributed by atoms with Crippen LogP contribution in [0.2, 0.25) is 5.02 Å². The fourth-order valence-corrected chi connectivity index (χ4v) is 2.01. The predicted molar refractivity (Wildman–Crippen MR) is 83.1 cm³/mol. The minimum atomic E-state index is -0.425. The summed E-state index contributed by atoms with van der Waals surface area (Å²) in [7, 11) is 1.62. The maximum atomic E-state index is 12.1. The quantitative estimate of drug-likeness (QED) is 0.508. The number of carbonyl (C=O) groups is 1. The summed E-state index contributed by atoms with van der Waals surface area (Å²) in [4.78, 5) is 17.3. The molecule has 1 aromatic carbocycles. The highest BCUT2D eigenvalue weighted by molar-refractivity contribution is 6.34. The third-order valence-corrected chi connectivity index (χ3v) is 2.97. The number of carbonyl (C=O) groups excluding carboxylic acids is 1. The SMILES string of the molecule is C#CCN=C(N)NC(=O)N(C)c1c(Cl)cccc1CC. The molecule has 1 aromatic rings. The number of rotatable bonds is 3. The average Bonchev–Trinajstić information content (AvgIpc) is 2.43. The van der Waals surface area contributed by atoms with Crippen molar-refractivity contribution in [1.82, 2.24) is 5.32 Å². The molecule has 106 valence electrons. The Morgan fingerprint density at radius 3 is 2.90 bits per heavy atom. The number of hydrogen-bond donors (Lipinski definition) is 2. The number of terminal acetylenes is 1. The fraction of sp³-hybridized carbons (Fsp3) is 0.286. The molecule has 0 bridgehead atoms. The van der Waals surface area contributed by atoms with Crippen molar-refractivity contribution >= 4 is 29.3 Å². The van der Waals surface area contributed by atoms with Crippen LogP contribution in [0.25, 0.3) is 0 Å². The van der Waals surface area contributed by atoms with Crippen molar-refractivity contribution in [1.29, 1.82) is 0 Å². The zero-order valence-corrected chi connectivity index (χ0v) is 12.2. The second-order valence-corrected chi connectivity index (χ2v) is 4.40. The first-order chi connectivity index (χ1) is 9.51. The van der Waals surface area contributed by atoms with Gasteiger partial charge in [-0.25, -0.2) is 9.79 Å². The Balaban J connectivity index is 2.93. The Hall–Kier alpha value is -2.19. The number of aliphatic imine (C=N–C) groups is 1. The summed E-state index contributed by atoms with van der Waals surface area (Å²) in [5.74, 6) is 2.28. The first kappa shape index (κ1) is 15.9. The van der Waals surface area contributed by atoms with Crippen LogP contribution in [-0.2, 0) is 6.42 Å². The first-order valence-corrected chi connectivity index (χ1v) is 6.44. The number of benzene rings is 1. The second kappa shape index (κ2) is 7.41. The third kappa shape index (κ3) is 3.90. The Labute approximate surface area is 123 Å². The number of nitrogens with two attached hydrogens (primary N) is 1. The highest BCUT2D eigenvalue weighted by atomic mass is 35.5. The van der Waals surface area contributed by atoms with Crippen LogP contribution in [-0.4, -0.2) is 25.6 Å². The molecule has 2 amide bonds. The highest BCUT2D eigenvalue weighted by Gasteiger charge is 2.17. The van der Waals surface area contributed by atoms with Crippen molar-refractivity contribution in [3.8, 4) is 12.3 Å². The van der Waals surface area contributed by atoms with Crippen molar-refractivity contribution in [2.24, 2.45) is 10.7 Å². The van der Waals surface area contributed by atoms with Crippen molar-refractivity contribution < 1.29 is 4.79 Å². The number of nitrogens with zero attached hydrogens (tertiary/aromatic N) is 2. The molecule has 0 unspecified atom stereocenters. The topological polar surface area (TPSA) is 70.7 Å². The van der Waals surface area contributed by atoms with E-state index in [-0.39, 0.29) is 12.5 Å². The van der Waals surface area contributed by atoms with Crippen molar-refractivity contribution in [2.45, 2.75) is 13.3 Å². The van der Waals surface area contributed by atoms with Crippen molar-refractivity contribution in [3.05, 3.63) is 28.8 Å². The summed E-state index contributed by atoms with van der Waals surface area (Å²) in [5.41, 5.74) is 7.17. The first-order valence-electron chi connectivity index (χ1n) is 6.06. The number of nitrogens with one attached hydrogen (secondary N) is 1. The van der Waals surface area contributed by atoms with Crippen LogP contribution in [0.5, 0.6) is 0 Å². The van der Waals surface area contributed by atoms with Gasteiger partial charge in [0, 0.05) is 7.05 Å². The summed E-state index contributed by atoms with van der Waals surface area (Å²) in [6.45, 7) is 2.10. The summed E-state index contributed by atoms with van der Waals surface area (Å²) >= 11 is 6.16. The minimum Gasteiger partial charge on any atom is -0.370 e. The Bertz CT molecular complexity index is 563. The molecule has 0 radical (unpaired) electrons. The van der Waals surface area contributed by atoms with Gasteiger partial charge in [-0.2, -0.15) is 0 Å². The standard InChI is InChI=1S/C14H17ClN4O/c1-4-9-17-13(16)18-14(20)19(3)12-10(5-2)7-6-8-11(12)15/h1,6-8H,5,9H2,2-3H3,(H3,16,17,18,20). The molecular formula is C14H17ClN4O. The van der Waals surface area contributed by atoms with E-state index in [9.17, 15) is 4.79 Å². The van der Waals surface area contributed by atoms with Gasteiger partial charge in [-0.05, 0) is 18.1 Å². The van der Waals surface area contributed by atoms with Gasteiger partial charge in [0.15, 0.2) is 5.96 Å². The molecule has 0 fully saturated rings. The highest BCUT2D eigenvalue weighted by Crippen LogP contribution is 2.29. The van der Waals surface area contributed by atoms with E-state index in [1.807, 2.05) is 19.1 Å². The zero-order chi connectivity index (χ0) is 15.1. The lowest BCUT2D eigenvalue weighted by Crippen LogP contribution is -2.44. The summed E-state index contributed by atoms with van der Waals surface area (Å²) in [6, 6.07) is 5.07. The van der Waals surface area contributed by atoms with Gasteiger partial charge < -0.3 is 5.73 Å². The van der Waals surface area contributed by atoms with E-state index >= 15 is 0 Å². The van der Waals surface area contributed by atoms with Gasteiger partial charge in [0.25, 0.3) is 0 Å². The number of anilines is 1. The largest absolute Gasteiger partial charge is 0.370 e. The number of urea groups is 1. The molecule has 0 aliphatic rings. The molecular weight excluding hydrogens is 276 g/mol. The third-order valence-electron chi connectivity index (χ3n) is 2.67. The number of para-hydroxylation sites is 1. The number of hydrogen-bond acceptors (Lipinski definition) is 2. The zero-order valence-electron chi connectivity index (χ0n) is 11.5. The minimum absolute atomic E-state index is 0.0232. The van der Waals surface area contributed by atoms with Crippen LogP contribution >= 0.6 is 11.6 Å². The molecule has 0 aliphatic heterocycles. The lowest BCUT2D eigenvalue weighted by atomic mass is 10.1. The molecule has 0 aromatic heterocycles. The van der Waals surface area contributed by atoms with Crippen LogP contribution in [0.3, 0.4) is 0 Å². The smallest absolute Gasteiger partial charge is 0.328 e. The van der Waals surface area contributed by atoms with Crippen molar-refractivity contribution in [3.63, 3.8) is 0 Å². The summed E-state index contributed by atoms with van der Waals surface area (Å²) < 4.78 is 0. The van der Waals surface area contributed by atoms with E-state index in [0.29, 0.717) is 10.7 Å². The van der Waals surface area contributed by atoms with Gasteiger partial charge in [-0.1, -0.05) is 36.6 Å². The van der Waals surface area contributed by atoms with Gasteiger partial charge in [0.2, 0.25) is 0 Å². The molecule has 0 saturated carbocycles. The second-order valence-electron chi connectivity index (χ2n) is 4.00. The maximum Gasteiger partial charge on any atom is 0.328 e. The average molecular weight is 293 g/mol. The molecule has 6 heteroatoms.